The zero-order valence-electron chi connectivity index (χ0n) is 17.8. The summed E-state index contributed by atoms with van der Waals surface area (Å²) in [5.41, 5.74) is 1.17. The number of carbonyl (C=O) groups is 1. The Morgan fingerprint density at radius 3 is 2.36 bits per heavy atom. The highest BCUT2D eigenvalue weighted by molar-refractivity contribution is 5.83. The van der Waals surface area contributed by atoms with Gasteiger partial charge in [-0.1, -0.05) is 13.8 Å². The van der Waals surface area contributed by atoms with Gasteiger partial charge in [0.1, 0.15) is 5.78 Å². The number of rotatable bonds is 7. The zero-order valence-corrected chi connectivity index (χ0v) is 17.8. The Morgan fingerprint density at radius 2 is 1.79 bits per heavy atom. The molecule has 2 aliphatic heterocycles. The number of anilines is 1. The smallest absolute Gasteiger partial charge is 0.225 e. The van der Waals surface area contributed by atoms with Crippen molar-refractivity contribution in [3.63, 3.8) is 0 Å². The molecule has 0 spiro atoms. The van der Waals surface area contributed by atoms with Gasteiger partial charge in [-0.05, 0) is 45.7 Å². The lowest BCUT2D eigenvalue weighted by Crippen LogP contribution is -2.53. The number of nitrogens with zero attached hydrogens (tertiary/aromatic N) is 5. The van der Waals surface area contributed by atoms with Crippen LogP contribution < -0.4 is 4.90 Å². The number of likely N-dealkylation sites (N-methyl/N-ethyl adjacent to an activating group) is 1. The zero-order chi connectivity index (χ0) is 19.8. The van der Waals surface area contributed by atoms with Gasteiger partial charge in [0.2, 0.25) is 5.95 Å². The lowest BCUT2D eigenvalue weighted by molar-refractivity contribution is -0.130. The van der Waals surface area contributed by atoms with Gasteiger partial charge >= 0.3 is 0 Å². The van der Waals surface area contributed by atoms with Gasteiger partial charge in [-0.25, -0.2) is 9.97 Å². The molecule has 0 N–H and O–H groups in total. The molecule has 28 heavy (non-hydrogen) atoms. The number of hydrogen-bond acceptors (Lipinski definition) is 6. The summed E-state index contributed by atoms with van der Waals surface area (Å²) >= 11 is 0. The van der Waals surface area contributed by atoms with E-state index in [0.29, 0.717) is 29.7 Å². The van der Waals surface area contributed by atoms with Gasteiger partial charge in [-0.15, -0.1) is 0 Å². The predicted octanol–water partition coefficient (Wildman–Crippen LogP) is 2.44. The van der Waals surface area contributed by atoms with E-state index >= 15 is 0 Å². The van der Waals surface area contributed by atoms with Crippen LogP contribution in [0.3, 0.4) is 0 Å². The lowest BCUT2D eigenvalue weighted by Gasteiger charge is -2.39. The minimum Gasteiger partial charge on any atom is -0.332 e. The van der Waals surface area contributed by atoms with Gasteiger partial charge in [-0.3, -0.25) is 4.79 Å². The second-order valence-corrected chi connectivity index (χ2v) is 9.69. The minimum absolute atomic E-state index is 0.176. The van der Waals surface area contributed by atoms with Crippen molar-refractivity contribution in [3.8, 4) is 0 Å². The molecule has 0 radical (unpaired) electrons. The molecule has 0 amide bonds. The van der Waals surface area contributed by atoms with E-state index in [9.17, 15) is 4.79 Å². The molecule has 2 bridgehead atoms. The third-order valence-corrected chi connectivity index (χ3v) is 6.82. The van der Waals surface area contributed by atoms with Gasteiger partial charge in [0.15, 0.2) is 0 Å². The van der Waals surface area contributed by atoms with E-state index in [0.717, 1.165) is 45.0 Å². The van der Waals surface area contributed by atoms with Gasteiger partial charge in [0, 0.05) is 68.1 Å². The Kier molecular flexibility index (Phi) is 5.70. The maximum Gasteiger partial charge on any atom is 0.225 e. The third-order valence-electron chi connectivity index (χ3n) is 6.82. The Morgan fingerprint density at radius 1 is 1.18 bits per heavy atom. The molecule has 4 rings (SSSR count). The van der Waals surface area contributed by atoms with E-state index in [4.69, 9.17) is 9.97 Å². The fraction of sp³-hybridized carbons (Fsp3) is 0.773. The topological polar surface area (TPSA) is 52.6 Å². The monoisotopic (exact) mass is 385 g/mol. The summed E-state index contributed by atoms with van der Waals surface area (Å²) < 4.78 is 0. The molecule has 1 aromatic rings. The summed E-state index contributed by atoms with van der Waals surface area (Å²) in [6.45, 7) is 8.18. The average Bonchev–Trinajstić information content (AvgIpc) is 2.89. The van der Waals surface area contributed by atoms with Gasteiger partial charge in [0.05, 0.1) is 0 Å². The fourth-order valence-electron chi connectivity index (χ4n) is 5.41. The van der Waals surface area contributed by atoms with Crippen LogP contribution >= 0.6 is 0 Å². The van der Waals surface area contributed by atoms with Crippen LogP contribution in [0.15, 0.2) is 12.4 Å². The number of fused-ring (bicyclic) bond motifs is 2. The lowest BCUT2D eigenvalue weighted by atomic mass is 9.70. The molecule has 0 aromatic carbocycles. The third kappa shape index (κ3) is 4.08. The maximum absolute atomic E-state index is 12.0. The molecular formula is C22H35N5O. The molecular weight excluding hydrogens is 350 g/mol. The van der Waals surface area contributed by atoms with Gasteiger partial charge < -0.3 is 14.7 Å². The summed E-state index contributed by atoms with van der Waals surface area (Å²) in [6.07, 6.45) is 8.63. The molecule has 1 aromatic heterocycles. The molecule has 1 aliphatic carbocycles. The van der Waals surface area contributed by atoms with Crippen molar-refractivity contribution in [3.05, 3.63) is 18.0 Å². The molecule has 6 nitrogen and oxygen atoms in total. The van der Waals surface area contributed by atoms with E-state index in [2.05, 4.69) is 28.8 Å². The van der Waals surface area contributed by atoms with E-state index in [-0.39, 0.29) is 5.92 Å². The molecule has 2 saturated heterocycles. The molecule has 3 fully saturated rings. The summed E-state index contributed by atoms with van der Waals surface area (Å²) in [7, 11) is 4.37. The molecule has 2 unspecified atom stereocenters. The van der Waals surface area contributed by atoms with Crippen molar-refractivity contribution >= 4 is 11.7 Å². The minimum atomic E-state index is 0.176. The summed E-state index contributed by atoms with van der Waals surface area (Å²) in [5, 5.41) is 0. The predicted molar refractivity (Wildman–Crippen MR) is 111 cm³/mol. The van der Waals surface area contributed by atoms with E-state index in [1.54, 1.807) is 0 Å². The van der Waals surface area contributed by atoms with E-state index in [1.807, 2.05) is 26.2 Å². The Labute approximate surface area is 169 Å². The van der Waals surface area contributed by atoms with Crippen molar-refractivity contribution in [1.82, 2.24) is 19.8 Å². The number of ketones is 1. The SMILES string of the molecule is CC(C)C(=O)[C@H]1C[C@@H](CN(C)Cc2cnc(N3C4CCC3CN(C)C4)nc2)C1. The van der Waals surface area contributed by atoms with E-state index < -0.39 is 0 Å². The standard InChI is InChI=1S/C22H35N5O/c1-15(2)21(28)18-7-16(8-18)11-25(3)12-17-9-23-22(24-10-17)27-19-5-6-20(27)14-26(4)13-19/h9-10,15-16,18-20H,5-8,11-14H2,1-4H3/t16-,18+,19?,20?. The molecule has 6 heteroatoms. The number of Topliss-reactive ketones (excluding diaryl/α,β-unsaturated/α-hetero) is 1. The van der Waals surface area contributed by atoms with Crippen molar-refractivity contribution in [2.45, 2.75) is 58.2 Å². The first-order valence-corrected chi connectivity index (χ1v) is 10.9. The second kappa shape index (κ2) is 8.07. The largest absolute Gasteiger partial charge is 0.332 e. The Balaban J connectivity index is 1.27. The van der Waals surface area contributed by atoms with Crippen LogP contribution in [0.2, 0.25) is 0 Å². The second-order valence-electron chi connectivity index (χ2n) is 9.69. The van der Waals surface area contributed by atoms with Crippen molar-refractivity contribution in [2.24, 2.45) is 17.8 Å². The molecule has 154 valence electrons. The number of carbonyl (C=O) groups excluding carboxylic acids is 1. The summed E-state index contributed by atoms with van der Waals surface area (Å²) in [5.74, 6) is 2.48. The van der Waals surface area contributed by atoms with Crippen molar-refractivity contribution in [1.29, 1.82) is 0 Å². The first-order chi connectivity index (χ1) is 13.4. The maximum atomic E-state index is 12.0. The van der Waals surface area contributed by atoms with Gasteiger partial charge in [0.25, 0.3) is 0 Å². The molecule has 3 heterocycles. The van der Waals surface area contributed by atoms with Crippen LogP contribution in [0, 0.1) is 17.8 Å². The quantitative estimate of drug-likeness (QED) is 0.719. The van der Waals surface area contributed by atoms with Crippen molar-refractivity contribution < 1.29 is 4.79 Å². The molecule has 1 saturated carbocycles. The number of piperazine rings is 1. The summed E-state index contributed by atoms with van der Waals surface area (Å²) in [4.78, 5) is 28.7. The normalized spacial score (nSPS) is 30.1. The molecule has 2 atom stereocenters. The highest BCUT2D eigenvalue weighted by atomic mass is 16.1. The number of aromatic nitrogens is 2. The van der Waals surface area contributed by atoms with Crippen LogP contribution in [0.5, 0.6) is 0 Å². The van der Waals surface area contributed by atoms with Crippen LogP contribution in [-0.2, 0) is 11.3 Å². The first-order valence-electron chi connectivity index (χ1n) is 10.9. The fourth-order valence-corrected chi connectivity index (χ4v) is 5.41. The first kappa shape index (κ1) is 19.8. The average molecular weight is 386 g/mol. The molecule has 3 aliphatic rings. The summed E-state index contributed by atoms with van der Waals surface area (Å²) in [6, 6.07) is 1.13. The Bertz CT molecular complexity index is 671. The highest BCUT2D eigenvalue weighted by Gasteiger charge is 2.40. The van der Waals surface area contributed by atoms with Crippen LogP contribution in [0.1, 0.15) is 45.1 Å². The van der Waals surface area contributed by atoms with Crippen LogP contribution in [-0.4, -0.2) is 71.4 Å². The number of likely N-dealkylation sites (tertiary alicyclic amines) is 1. The number of hydrogen-bond donors (Lipinski definition) is 0. The highest BCUT2D eigenvalue weighted by Crippen LogP contribution is 2.36. The van der Waals surface area contributed by atoms with Crippen molar-refractivity contribution in [2.75, 3.05) is 38.6 Å². The Hall–Kier alpha value is -1.53. The van der Waals surface area contributed by atoms with Gasteiger partial charge in [-0.2, -0.15) is 0 Å². The van der Waals surface area contributed by atoms with Crippen LogP contribution in [0.25, 0.3) is 0 Å². The van der Waals surface area contributed by atoms with E-state index in [1.165, 1.54) is 18.4 Å². The van der Waals surface area contributed by atoms with Crippen LogP contribution in [0.4, 0.5) is 5.95 Å².